The van der Waals surface area contributed by atoms with E-state index in [1.54, 1.807) is 0 Å². The molecule has 4 heteroatoms. The number of nitrogens with one attached hydrogen (secondary N) is 2. The molecule has 1 atom stereocenters. The number of carbonyl (C=O) groups excluding carboxylic acids is 1. The Bertz CT molecular complexity index is 210. The Balaban J connectivity index is 3.23. The van der Waals surface area contributed by atoms with E-state index >= 15 is 0 Å². The normalized spacial score (nSPS) is 12.4. The average Bonchev–Trinajstić information content (AvgIpc) is 2.37. The number of aliphatic hydroxyl groups is 1. The maximum absolute atomic E-state index is 11.5. The third-order valence-corrected chi connectivity index (χ3v) is 3.28. The predicted octanol–water partition coefficient (Wildman–Crippen LogP) is 2.91. The highest BCUT2D eigenvalue weighted by Crippen LogP contribution is 2.10. The van der Waals surface area contributed by atoms with E-state index in [1.165, 1.54) is 44.9 Å². The summed E-state index contributed by atoms with van der Waals surface area (Å²) < 4.78 is 0. The number of unbranched alkanes of at least 4 members (excludes halogenated alkanes) is 8. The van der Waals surface area contributed by atoms with Crippen LogP contribution in [-0.2, 0) is 4.79 Å². The van der Waals surface area contributed by atoms with Crippen LogP contribution < -0.4 is 10.6 Å². The van der Waals surface area contributed by atoms with Crippen molar-refractivity contribution in [3.63, 3.8) is 0 Å². The van der Waals surface area contributed by atoms with Gasteiger partial charge in [0, 0.05) is 6.42 Å². The Morgan fingerprint density at radius 1 is 1.00 bits per heavy atom. The van der Waals surface area contributed by atoms with Crippen molar-refractivity contribution in [2.24, 2.45) is 0 Å². The lowest BCUT2D eigenvalue weighted by molar-refractivity contribution is -0.122. The maximum Gasteiger partial charge on any atom is 0.221 e. The van der Waals surface area contributed by atoms with E-state index < -0.39 is 0 Å². The lowest BCUT2D eigenvalue weighted by Crippen LogP contribution is -2.43. The van der Waals surface area contributed by atoms with Crippen LogP contribution in [0.2, 0.25) is 0 Å². The third-order valence-electron chi connectivity index (χ3n) is 3.28. The fraction of sp³-hybridized carbons (Fsp3) is 0.933. The van der Waals surface area contributed by atoms with Gasteiger partial charge in [-0.05, 0) is 13.3 Å². The minimum absolute atomic E-state index is 0.0661. The molecule has 0 rings (SSSR count). The van der Waals surface area contributed by atoms with Crippen molar-refractivity contribution in [1.29, 1.82) is 0 Å². The van der Waals surface area contributed by atoms with E-state index in [4.69, 9.17) is 5.11 Å². The summed E-state index contributed by atoms with van der Waals surface area (Å²) in [6.45, 7) is 3.95. The van der Waals surface area contributed by atoms with Crippen LogP contribution in [0.1, 0.15) is 78.1 Å². The Hall–Kier alpha value is -0.610. The summed E-state index contributed by atoms with van der Waals surface area (Å²) in [6, 6.07) is 0. The van der Waals surface area contributed by atoms with Gasteiger partial charge >= 0.3 is 0 Å². The fourth-order valence-corrected chi connectivity index (χ4v) is 2.10. The maximum atomic E-state index is 11.5. The van der Waals surface area contributed by atoms with Crippen molar-refractivity contribution in [3.8, 4) is 0 Å². The van der Waals surface area contributed by atoms with Gasteiger partial charge in [0.2, 0.25) is 5.91 Å². The molecule has 0 saturated heterocycles. The van der Waals surface area contributed by atoms with Crippen LogP contribution in [0.5, 0.6) is 0 Å². The lowest BCUT2D eigenvalue weighted by atomic mass is 10.1. The van der Waals surface area contributed by atoms with Gasteiger partial charge in [0.1, 0.15) is 0 Å². The quantitative estimate of drug-likeness (QED) is 0.357. The van der Waals surface area contributed by atoms with E-state index in [0.29, 0.717) is 6.42 Å². The molecule has 19 heavy (non-hydrogen) atoms. The van der Waals surface area contributed by atoms with Gasteiger partial charge < -0.3 is 10.4 Å². The first kappa shape index (κ1) is 18.4. The SMILES string of the molecule is CCCCCCCCCCCC(=O)NC(C)NCO. The first-order valence-corrected chi connectivity index (χ1v) is 7.84. The second-order valence-corrected chi connectivity index (χ2v) is 5.23. The molecule has 0 fully saturated rings. The van der Waals surface area contributed by atoms with E-state index in [0.717, 1.165) is 12.8 Å². The van der Waals surface area contributed by atoms with Crippen molar-refractivity contribution in [3.05, 3.63) is 0 Å². The monoisotopic (exact) mass is 272 g/mol. The van der Waals surface area contributed by atoms with Gasteiger partial charge in [0.05, 0.1) is 12.9 Å². The van der Waals surface area contributed by atoms with Crippen LogP contribution in [0.25, 0.3) is 0 Å². The molecule has 114 valence electrons. The van der Waals surface area contributed by atoms with Crippen molar-refractivity contribution in [1.82, 2.24) is 10.6 Å². The molecule has 4 nitrogen and oxygen atoms in total. The average molecular weight is 272 g/mol. The molecule has 3 N–H and O–H groups in total. The second kappa shape index (κ2) is 13.8. The summed E-state index contributed by atoms with van der Waals surface area (Å²) in [5.41, 5.74) is 0. The highest BCUT2D eigenvalue weighted by Gasteiger charge is 2.05. The Morgan fingerprint density at radius 2 is 1.53 bits per heavy atom. The molecule has 0 aliphatic heterocycles. The second-order valence-electron chi connectivity index (χ2n) is 5.23. The van der Waals surface area contributed by atoms with E-state index in [1.807, 2.05) is 6.92 Å². The number of rotatable bonds is 13. The van der Waals surface area contributed by atoms with Crippen LogP contribution in [0.3, 0.4) is 0 Å². The van der Waals surface area contributed by atoms with Crippen LogP contribution in [0, 0.1) is 0 Å². The highest BCUT2D eigenvalue weighted by atomic mass is 16.3. The van der Waals surface area contributed by atoms with E-state index in [2.05, 4.69) is 17.6 Å². The van der Waals surface area contributed by atoms with Crippen molar-refractivity contribution in [2.45, 2.75) is 84.2 Å². The smallest absolute Gasteiger partial charge is 0.221 e. The summed E-state index contributed by atoms with van der Waals surface area (Å²) >= 11 is 0. The molecular weight excluding hydrogens is 240 g/mol. The first-order chi connectivity index (χ1) is 9.20. The summed E-state index contributed by atoms with van der Waals surface area (Å²) in [5.74, 6) is 0.0661. The van der Waals surface area contributed by atoms with Gasteiger partial charge in [-0.1, -0.05) is 58.3 Å². The molecule has 0 saturated carbocycles. The van der Waals surface area contributed by atoms with Gasteiger partial charge in [-0.15, -0.1) is 0 Å². The van der Waals surface area contributed by atoms with E-state index in [9.17, 15) is 4.79 Å². The lowest BCUT2D eigenvalue weighted by Gasteiger charge is -2.13. The van der Waals surface area contributed by atoms with Crippen LogP contribution in [0.15, 0.2) is 0 Å². The van der Waals surface area contributed by atoms with Gasteiger partial charge in [-0.2, -0.15) is 0 Å². The highest BCUT2D eigenvalue weighted by molar-refractivity contribution is 5.76. The topological polar surface area (TPSA) is 61.4 Å². The van der Waals surface area contributed by atoms with E-state index in [-0.39, 0.29) is 18.8 Å². The summed E-state index contributed by atoms with van der Waals surface area (Å²) in [4.78, 5) is 11.5. The minimum atomic E-state index is -0.156. The van der Waals surface area contributed by atoms with Gasteiger partial charge in [-0.25, -0.2) is 0 Å². The molecule has 0 spiro atoms. The Labute approximate surface area is 118 Å². The summed E-state index contributed by atoms with van der Waals surface area (Å²) in [6.07, 6.45) is 11.8. The molecule has 0 heterocycles. The number of carbonyl (C=O) groups is 1. The van der Waals surface area contributed by atoms with Gasteiger partial charge in [0.25, 0.3) is 0 Å². The molecule has 0 aromatic heterocycles. The Morgan fingerprint density at radius 3 is 2.05 bits per heavy atom. The zero-order chi connectivity index (χ0) is 14.3. The molecule has 0 aromatic carbocycles. The number of aliphatic hydroxyl groups excluding tert-OH is 1. The van der Waals surface area contributed by atoms with Gasteiger partial charge in [0.15, 0.2) is 0 Å². The van der Waals surface area contributed by atoms with Crippen LogP contribution in [0.4, 0.5) is 0 Å². The molecule has 1 amide bonds. The number of hydrogen-bond acceptors (Lipinski definition) is 3. The molecule has 0 radical (unpaired) electrons. The summed E-state index contributed by atoms with van der Waals surface area (Å²) in [5, 5.41) is 14.2. The van der Waals surface area contributed by atoms with Gasteiger partial charge in [-0.3, -0.25) is 10.1 Å². The Kier molecular flexibility index (Phi) is 13.4. The largest absolute Gasteiger partial charge is 0.381 e. The molecule has 0 aliphatic carbocycles. The molecular formula is C15H32N2O2. The zero-order valence-corrected chi connectivity index (χ0v) is 12.7. The fourth-order valence-electron chi connectivity index (χ4n) is 2.10. The van der Waals surface area contributed by atoms with Crippen LogP contribution in [-0.4, -0.2) is 23.9 Å². The predicted molar refractivity (Wildman–Crippen MR) is 79.7 cm³/mol. The molecule has 1 unspecified atom stereocenters. The first-order valence-electron chi connectivity index (χ1n) is 7.84. The van der Waals surface area contributed by atoms with Crippen molar-refractivity contribution >= 4 is 5.91 Å². The number of amides is 1. The third kappa shape index (κ3) is 13.6. The van der Waals surface area contributed by atoms with Crippen molar-refractivity contribution < 1.29 is 9.90 Å². The zero-order valence-electron chi connectivity index (χ0n) is 12.7. The molecule has 0 aliphatic rings. The number of hydrogen-bond donors (Lipinski definition) is 3. The summed E-state index contributed by atoms with van der Waals surface area (Å²) in [7, 11) is 0. The molecule has 0 aromatic rings. The van der Waals surface area contributed by atoms with Crippen molar-refractivity contribution in [2.75, 3.05) is 6.73 Å². The standard InChI is InChI=1S/C15H32N2O2/c1-3-4-5-6-7-8-9-10-11-12-15(19)17-14(2)16-13-18/h14,16,18H,3-13H2,1-2H3,(H,17,19). The molecule has 0 bridgehead atoms. The van der Waals surface area contributed by atoms with Crippen LogP contribution >= 0.6 is 0 Å². The minimum Gasteiger partial charge on any atom is -0.381 e.